The van der Waals surface area contributed by atoms with Gasteiger partial charge in [0.15, 0.2) is 0 Å². The maximum atomic E-state index is 12.8. The molecule has 1 N–H and O–H groups in total. The molecule has 0 aliphatic carbocycles. The molecule has 1 amide bonds. The molecule has 0 aliphatic rings. The van der Waals surface area contributed by atoms with E-state index in [-0.39, 0.29) is 10.8 Å². The Hall–Kier alpha value is -2.58. The number of nitrogens with zero attached hydrogens (tertiary/aromatic N) is 2. The largest absolute Gasteiger partial charge is 0.465 e. The third-order valence-electron chi connectivity index (χ3n) is 3.99. The Morgan fingerprint density at radius 3 is 2.44 bits per heavy atom. The van der Waals surface area contributed by atoms with Crippen molar-refractivity contribution in [3.63, 3.8) is 0 Å². The van der Waals surface area contributed by atoms with Crippen LogP contribution in [0.4, 0.5) is 11.4 Å². The fourth-order valence-corrected chi connectivity index (χ4v) is 4.08. The van der Waals surface area contributed by atoms with Crippen LogP contribution in [0.1, 0.15) is 19.6 Å². The van der Waals surface area contributed by atoms with E-state index in [9.17, 15) is 13.2 Å². The number of furan rings is 1. The number of amides is 1. The topological polar surface area (TPSA) is 82.9 Å². The first-order valence-electron chi connectivity index (χ1n) is 8.63. The van der Waals surface area contributed by atoms with Gasteiger partial charge in [0.2, 0.25) is 15.9 Å². The van der Waals surface area contributed by atoms with Gasteiger partial charge in [-0.2, -0.15) is 4.31 Å². The molecule has 7 nitrogen and oxygen atoms in total. The zero-order valence-corrected chi connectivity index (χ0v) is 16.8. The Balaban J connectivity index is 2.34. The third-order valence-corrected chi connectivity index (χ3v) is 6.04. The Morgan fingerprint density at radius 2 is 1.89 bits per heavy atom. The van der Waals surface area contributed by atoms with Gasteiger partial charge in [-0.3, -0.25) is 4.79 Å². The quantitative estimate of drug-likeness (QED) is 0.700. The van der Waals surface area contributed by atoms with Crippen molar-refractivity contribution in [3.8, 4) is 0 Å². The molecule has 0 atom stereocenters. The molecule has 8 heteroatoms. The summed E-state index contributed by atoms with van der Waals surface area (Å²) in [5.41, 5.74) is 1.12. The number of carbonyl (C=O) groups is 1. The molecule has 2 aromatic rings. The molecule has 0 saturated carbocycles. The highest BCUT2D eigenvalue weighted by molar-refractivity contribution is 7.89. The summed E-state index contributed by atoms with van der Waals surface area (Å²) in [6.07, 6.45) is 4.40. The van der Waals surface area contributed by atoms with Gasteiger partial charge < -0.3 is 14.6 Å². The number of anilines is 2. The first kappa shape index (κ1) is 20.7. The van der Waals surface area contributed by atoms with Gasteiger partial charge in [0.05, 0.1) is 22.5 Å². The maximum Gasteiger partial charge on any atom is 0.248 e. The number of nitrogens with one attached hydrogen (secondary N) is 1. The summed E-state index contributed by atoms with van der Waals surface area (Å²) in [4.78, 5) is 14.2. The minimum absolute atomic E-state index is 0.141. The van der Waals surface area contributed by atoms with E-state index in [4.69, 9.17) is 4.42 Å². The van der Waals surface area contributed by atoms with Crippen LogP contribution in [0.25, 0.3) is 6.08 Å². The summed E-state index contributed by atoms with van der Waals surface area (Å²) >= 11 is 0. The molecular formula is C19H25N3O4S. The number of hydrogen-bond donors (Lipinski definition) is 1. The molecule has 146 valence electrons. The predicted molar refractivity (Wildman–Crippen MR) is 107 cm³/mol. The van der Waals surface area contributed by atoms with E-state index >= 15 is 0 Å². The Bertz CT molecular complexity index is 899. The number of sulfonamides is 1. The van der Waals surface area contributed by atoms with Gasteiger partial charge in [-0.1, -0.05) is 13.8 Å². The van der Waals surface area contributed by atoms with Crippen LogP contribution in [-0.4, -0.2) is 45.8 Å². The number of benzene rings is 1. The van der Waals surface area contributed by atoms with Crippen LogP contribution in [0, 0.1) is 0 Å². The van der Waals surface area contributed by atoms with Gasteiger partial charge >= 0.3 is 0 Å². The van der Waals surface area contributed by atoms with Gasteiger partial charge in [0.25, 0.3) is 0 Å². The lowest BCUT2D eigenvalue weighted by Gasteiger charge is -2.22. The molecule has 27 heavy (non-hydrogen) atoms. The van der Waals surface area contributed by atoms with Crippen molar-refractivity contribution < 1.29 is 17.6 Å². The average Bonchev–Trinajstić information content (AvgIpc) is 3.14. The number of hydrogen-bond acceptors (Lipinski definition) is 5. The van der Waals surface area contributed by atoms with E-state index in [0.29, 0.717) is 30.2 Å². The SMILES string of the molecule is CCN(CC)S(=O)(=O)c1ccc(N(C)C)c(NC(=O)C=Cc2ccco2)c1. The Labute approximate surface area is 160 Å². The van der Waals surface area contributed by atoms with E-state index in [1.54, 1.807) is 49.1 Å². The zero-order chi connectivity index (χ0) is 20.0. The van der Waals surface area contributed by atoms with Crippen LogP contribution in [0.3, 0.4) is 0 Å². The van der Waals surface area contributed by atoms with E-state index in [1.807, 2.05) is 14.1 Å². The molecule has 1 aromatic carbocycles. The Morgan fingerprint density at radius 1 is 1.19 bits per heavy atom. The highest BCUT2D eigenvalue weighted by Gasteiger charge is 2.23. The molecule has 0 radical (unpaired) electrons. The van der Waals surface area contributed by atoms with Crippen LogP contribution in [0.5, 0.6) is 0 Å². The van der Waals surface area contributed by atoms with Crippen molar-refractivity contribution in [1.29, 1.82) is 0 Å². The van der Waals surface area contributed by atoms with Gasteiger partial charge in [0.1, 0.15) is 5.76 Å². The lowest BCUT2D eigenvalue weighted by atomic mass is 10.2. The van der Waals surface area contributed by atoms with Gasteiger partial charge in [0, 0.05) is 33.3 Å². The molecular weight excluding hydrogens is 366 g/mol. The third kappa shape index (κ3) is 4.99. The molecule has 2 rings (SSSR count). The fourth-order valence-electron chi connectivity index (χ4n) is 2.60. The van der Waals surface area contributed by atoms with Crippen LogP contribution in [0.15, 0.2) is 52.0 Å². The van der Waals surface area contributed by atoms with Gasteiger partial charge in [-0.15, -0.1) is 0 Å². The fraction of sp³-hybridized carbons (Fsp3) is 0.316. The Kier molecular flexibility index (Phi) is 6.81. The molecule has 0 spiro atoms. The molecule has 0 unspecified atom stereocenters. The number of rotatable bonds is 8. The molecule has 0 saturated heterocycles. The predicted octanol–water partition coefficient (Wildman–Crippen LogP) is 3.03. The minimum Gasteiger partial charge on any atom is -0.465 e. The first-order valence-corrected chi connectivity index (χ1v) is 10.1. The summed E-state index contributed by atoms with van der Waals surface area (Å²) in [5, 5.41) is 2.75. The first-order chi connectivity index (χ1) is 12.8. The molecule has 0 bridgehead atoms. The van der Waals surface area contributed by atoms with Crippen LogP contribution >= 0.6 is 0 Å². The summed E-state index contributed by atoms with van der Waals surface area (Å²) in [6.45, 7) is 4.33. The maximum absolute atomic E-state index is 12.8. The summed E-state index contributed by atoms with van der Waals surface area (Å²) in [6, 6.07) is 8.18. The second-order valence-corrected chi connectivity index (χ2v) is 7.94. The average molecular weight is 391 g/mol. The normalized spacial score (nSPS) is 11.9. The van der Waals surface area contributed by atoms with E-state index < -0.39 is 10.0 Å². The lowest BCUT2D eigenvalue weighted by molar-refractivity contribution is -0.111. The standard InChI is InChI=1S/C19H25N3O4S/c1-5-22(6-2)27(24,25)16-10-11-18(21(3)4)17(14-16)20-19(23)12-9-15-8-7-13-26-15/h7-14H,5-6H2,1-4H3,(H,20,23). The highest BCUT2D eigenvalue weighted by Crippen LogP contribution is 2.29. The van der Waals surface area contributed by atoms with Gasteiger partial charge in [-0.05, 0) is 36.4 Å². The van der Waals surface area contributed by atoms with Crippen molar-refractivity contribution >= 4 is 33.4 Å². The monoisotopic (exact) mass is 391 g/mol. The van der Waals surface area contributed by atoms with Crippen molar-refractivity contribution in [2.45, 2.75) is 18.7 Å². The summed E-state index contributed by atoms with van der Waals surface area (Å²) in [5.74, 6) is 0.169. The van der Waals surface area contributed by atoms with Crippen LogP contribution in [-0.2, 0) is 14.8 Å². The molecule has 0 fully saturated rings. The van der Waals surface area contributed by atoms with E-state index in [2.05, 4.69) is 5.32 Å². The summed E-state index contributed by atoms with van der Waals surface area (Å²) < 4.78 is 32.1. The van der Waals surface area contributed by atoms with Crippen molar-refractivity contribution in [2.24, 2.45) is 0 Å². The number of carbonyl (C=O) groups excluding carboxylic acids is 1. The van der Waals surface area contributed by atoms with Crippen molar-refractivity contribution in [2.75, 3.05) is 37.4 Å². The van der Waals surface area contributed by atoms with Gasteiger partial charge in [-0.25, -0.2) is 8.42 Å². The molecule has 0 aliphatic heterocycles. The highest BCUT2D eigenvalue weighted by atomic mass is 32.2. The smallest absolute Gasteiger partial charge is 0.248 e. The summed E-state index contributed by atoms with van der Waals surface area (Å²) in [7, 11) is 0.0241. The zero-order valence-electron chi connectivity index (χ0n) is 16.0. The molecule has 1 aromatic heterocycles. The van der Waals surface area contributed by atoms with Crippen molar-refractivity contribution in [3.05, 3.63) is 48.4 Å². The van der Waals surface area contributed by atoms with E-state index in [0.717, 1.165) is 0 Å². The lowest BCUT2D eigenvalue weighted by Crippen LogP contribution is -2.30. The second kappa shape index (κ2) is 8.88. The minimum atomic E-state index is -3.62. The van der Waals surface area contributed by atoms with Crippen LogP contribution < -0.4 is 10.2 Å². The molecule has 1 heterocycles. The van der Waals surface area contributed by atoms with Crippen molar-refractivity contribution in [1.82, 2.24) is 4.31 Å². The van der Waals surface area contributed by atoms with E-state index in [1.165, 1.54) is 22.7 Å². The van der Waals surface area contributed by atoms with Crippen LogP contribution in [0.2, 0.25) is 0 Å². The second-order valence-electron chi connectivity index (χ2n) is 6.00.